The van der Waals surface area contributed by atoms with E-state index in [-0.39, 0.29) is 16.4 Å². The zero-order valence-corrected chi connectivity index (χ0v) is 15.1. The number of thiophene rings is 1. The van der Waals surface area contributed by atoms with Crippen LogP contribution in [0.3, 0.4) is 0 Å². The van der Waals surface area contributed by atoms with Crippen molar-refractivity contribution in [1.29, 1.82) is 0 Å². The van der Waals surface area contributed by atoms with Crippen LogP contribution in [0.4, 0.5) is 0 Å². The van der Waals surface area contributed by atoms with Crippen LogP contribution in [0.1, 0.15) is 16.0 Å². The molecule has 0 saturated heterocycles. The molecule has 0 fully saturated rings. The molecule has 2 aromatic rings. The van der Waals surface area contributed by atoms with Crippen LogP contribution < -0.4 is 10.5 Å². The van der Waals surface area contributed by atoms with Gasteiger partial charge >= 0.3 is 0 Å². The average Bonchev–Trinajstić information content (AvgIpc) is 2.82. The Hall–Kier alpha value is -0.800. The van der Waals surface area contributed by atoms with Crippen molar-refractivity contribution in [1.82, 2.24) is 4.72 Å². The minimum atomic E-state index is -3.61. The molecule has 112 valence electrons. The van der Waals surface area contributed by atoms with Gasteiger partial charge in [0.05, 0.1) is 8.68 Å². The molecule has 21 heavy (non-hydrogen) atoms. The Morgan fingerprint density at radius 2 is 2.10 bits per heavy atom. The van der Waals surface area contributed by atoms with Crippen LogP contribution in [-0.2, 0) is 16.6 Å². The quantitative estimate of drug-likeness (QED) is 0.751. The number of halogens is 1. The van der Waals surface area contributed by atoms with Gasteiger partial charge < -0.3 is 5.73 Å². The van der Waals surface area contributed by atoms with Crippen LogP contribution >= 0.6 is 39.5 Å². The summed E-state index contributed by atoms with van der Waals surface area (Å²) in [6.45, 7) is 1.98. The summed E-state index contributed by atoms with van der Waals surface area (Å²) in [5, 5.41) is 0. The van der Waals surface area contributed by atoms with Crippen LogP contribution in [-0.4, -0.2) is 13.4 Å². The lowest BCUT2D eigenvalue weighted by Gasteiger charge is -2.10. The fourth-order valence-electron chi connectivity index (χ4n) is 1.73. The zero-order chi connectivity index (χ0) is 15.6. The van der Waals surface area contributed by atoms with Gasteiger partial charge in [-0.1, -0.05) is 24.4 Å². The topological polar surface area (TPSA) is 72.2 Å². The zero-order valence-electron chi connectivity index (χ0n) is 11.1. The Morgan fingerprint density at radius 1 is 1.38 bits per heavy atom. The molecule has 0 radical (unpaired) electrons. The molecule has 1 aromatic carbocycles. The van der Waals surface area contributed by atoms with E-state index in [1.807, 2.05) is 12.1 Å². The Balaban J connectivity index is 2.26. The molecule has 1 aromatic heterocycles. The minimum Gasteiger partial charge on any atom is -0.389 e. The van der Waals surface area contributed by atoms with Gasteiger partial charge in [-0.3, -0.25) is 0 Å². The second-order valence-corrected chi connectivity index (χ2v) is 9.10. The first kappa shape index (κ1) is 16.6. The SMILES string of the molecule is Cc1ccc(C(N)=S)cc1S(=O)(=O)NCc1ccc(Br)s1. The van der Waals surface area contributed by atoms with Crippen molar-refractivity contribution in [2.45, 2.75) is 18.4 Å². The summed E-state index contributed by atoms with van der Waals surface area (Å²) in [6, 6.07) is 8.67. The first-order chi connectivity index (χ1) is 9.79. The summed E-state index contributed by atoms with van der Waals surface area (Å²) in [5.41, 5.74) is 6.74. The van der Waals surface area contributed by atoms with E-state index in [2.05, 4.69) is 20.7 Å². The molecular formula is C13H13BrN2O2S3. The van der Waals surface area contributed by atoms with E-state index < -0.39 is 10.0 Å². The Morgan fingerprint density at radius 3 is 2.67 bits per heavy atom. The van der Waals surface area contributed by atoms with E-state index in [1.54, 1.807) is 19.1 Å². The van der Waals surface area contributed by atoms with Crippen molar-refractivity contribution in [3.8, 4) is 0 Å². The molecule has 0 aliphatic carbocycles. The third kappa shape index (κ3) is 4.10. The van der Waals surface area contributed by atoms with Gasteiger partial charge in [0, 0.05) is 17.0 Å². The summed E-state index contributed by atoms with van der Waals surface area (Å²) in [7, 11) is -3.61. The number of thiocarbonyl (C=S) groups is 1. The van der Waals surface area contributed by atoms with Crippen molar-refractivity contribution < 1.29 is 8.42 Å². The standard InChI is InChI=1S/C13H13BrN2O2S3/c1-8-2-3-9(13(15)19)6-11(8)21(17,18)16-7-10-4-5-12(14)20-10/h2-6,16H,7H2,1H3,(H2,15,19). The molecule has 0 saturated carbocycles. The molecule has 0 atom stereocenters. The normalized spacial score (nSPS) is 11.5. The Bertz CT molecular complexity index is 784. The van der Waals surface area contributed by atoms with E-state index in [9.17, 15) is 8.42 Å². The van der Waals surface area contributed by atoms with Gasteiger partial charge in [0.25, 0.3) is 0 Å². The van der Waals surface area contributed by atoms with Crippen LogP contribution in [0.25, 0.3) is 0 Å². The summed E-state index contributed by atoms with van der Waals surface area (Å²) in [5.74, 6) is 0. The van der Waals surface area contributed by atoms with Crippen LogP contribution in [0, 0.1) is 6.92 Å². The van der Waals surface area contributed by atoms with Crippen molar-refractivity contribution in [2.24, 2.45) is 5.73 Å². The second kappa shape index (κ2) is 6.53. The van der Waals surface area contributed by atoms with E-state index >= 15 is 0 Å². The summed E-state index contributed by atoms with van der Waals surface area (Å²) >= 11 is 9.72. The highest BCUT2D eigenvalue weighted by molar-refractivity contribution is 9.11. The third-order valence-corrected chi connectivity index (χ3v) is 6.23. The molecule has 0 amide bonds. The molecule has 2 rings (SSSR count). The number of nitrogens with one attached hydrogen (secondary N) is 1. The van der Waals surface area contributed by atoms with Gasteiger partial charge in [-0.2, -0.15) is 0 Å². The molecule has 4 nitrogen and oxygen atoms in total. The van der Waals surface area contributed by atoms with Gasteiger partial charge in [-0.15, -0.1) is 11.3 Å². The van der Waals surface area contributed by atoms with Crippen LogP contribution in [0.2, 0.25) is 0 Å². The fourth-order valence-corrected chi connectivity index (χ4v) is 4.65. The first-order valence-corrected chi connectivity index (χ1v) is 9.44. The van der Waals surface area contributed by atoms with Gasteiger partial charge in [0.1, 0.15) is 4.99 Å². The summed E-state index contributed by atoms with van der Waals surface area (Å²) < 4.78 is 28.4. The summed E-state index contributed by atoms with van der Waals surface area (Å²) in [6.07, 6.45) is 0. The molecule has 3 N–H and O–H groups in total. The molecule has 0 unspecified atom stereocenters. The number of sulfonamides is 1. The lowest BCUT2D eigenvalue weighted by atomic mass is 10.1. The average molecular weight is 405 g/mol. The third-order valence-electron chi connectivity index (χ3n) is 2.83. The number of hydrogen-bond acceptors (Lipinski definition) is 4. The molecular weight excluding hydrogens is 392 g/mol. The van der Waals surface area contributed by atoms with Crippen molar-refractivity contribution in [3.63, 3.8) is 0 Å². The molecule has 0 spiro atoms. The fraction of sp³-hybridized carbons (Fsp3) is 0.154. The van der Waals surface area contributed by atoms with Gasteiger partial charge in [-0.25, -0.2) is 13.1 Å². The monoisotopic (exact) mass is 404 g/mol. The molecule has 8 heteroatoms. The lowest BCUT2D eigenvalue weighted by Crippen LogP contribution is -2.24. The molecule has 0 aliphatic rings. The lowest BCUT2D eigenvalue weighted by molar-refractivity contribution is 0.581. The maximum absolute atomic E-state index is 12.4. The van der Waals surface area contributed by atoms with E-state index in [1.165, 1.54) is 17.4 Å². The smallest absolute Gasteiger partial charge is 0.241 e. The van der Waals surface area contributed by atoms with Gasteiger partial charge in [0.15, 0.2) is 0 Å². The predicted molar refractivity (Wildman–Crippen MR) is 93.1 cm³/mol. The van der Waals surface area contributed by atoms with E-state index in [0.29, 0.717) is 11.1 Å². The van der Waals surface area contributed by atoms with Crippen molar-refractivity contribution >= 4 is 54.5 Å². The van der Waals surface area contributed by atoms with E-state index in [4.69, 9.17) is 18.0 Å². The van der Waals surface area contributed by atoms with Crippen molar-refractivity contribution in [3.05, 3.63) is 50.1 Å². The highest BCUT2D eigenvalue weighted by atomic mass is 79.9. The Kier molecular flexibility index (Phi) is 5.15. The number of aryl methyl sites for hydroxylation is 1. The maximum atomic E-state index is 12.4. The summed E-state index contributed by atoms with van der Waals surface area (Å²) in [4.78, 5) is 1.30. The van der Waals surface area contributed by atoms with Crippen LogP contribution in [0.15, 0.2) is 39.0 Å². The minimum absolute atomic E-state index is 0.175. The highest BCUT2D eigenvalue weighted by Gasteiger charge is 2.18. The predicted octanol–water partition coefficient (Wildman–Crippen LogP) is 2.93. The van der Waals surface area contributed by atoms with Crippen LogP contribution in [0.5, 0.6) is 0 Å². The number of benzene rings is 1. The maximum Gasteiger partial charge on any atom is 0.241 e. The molecule has 1 heterocycles. The number of nitrogens with two attached hydrogens (primary N) is 1. The number of hydrogen-bond donors (Lipinski definition) is 2. The van der Waals surface area contributed by atoms with Gasteiger partial charge in [-0.05, 0) is 46.6 Å². The molecule has 0 aliphatic heterocycles. The number of rotatable bonds is 5. The van der Waals surface area contributed by atoms with Gasteiger partial charge in [0.2, 0.25) is 10.0 Å². The second-order valence-electron chi connectivity index (χ2n) is 4.37. The molecule has 0 bridgehead atoms. The highest BCUT2D eigenvalue weighted by Crippen LogP contribution is 2.23. The largest absolute Gasteiger partial charge is 0.389 e. The first-order valence-electron chi connectivity index (χ1n) is 5.94. The Labute approximate surface area is 141 Å². The van der Waals surface area contributed by atoms with Crippen molar-refractivity contribution in [2.75, 3.05) is 0 Å². The van der Waals surface area contributed by atoms with E-state index in [0.717, 1.165) is 8.66 Å².